The van der Waals surface area contributed by atoms with Crippen LogP contribution < -0.4 is 14.8 Å². The summed E-state index contributed by atoms with van der Waals surface area (Å²) in [6.45, 7) is 0. The number of hydrogen-bond acceptors (Lipinski definition) is 4. The number of hydrogen-bond donors (Lipinski definition) is 2. The molecule has 0 saturated heterocycles. The third-order valence-corrected chi connectivity index (χ3v) is 8.74. The predicted molar refractivity (Wildman–Crippen MR) is 148 cm³/mol. The Bertz CT molecular complexity index is 1560. The number of fused-ring (bicyclic) bond motifs is 3. The molecule has 4 aromatic carbocycles. The van der Waals surface area contributed by atoms with E-state index >= 15 is 0 Å². The van der Waals surface area contributed by atoms with E-state index in [0.29, 0.717) is 5.69 Å². The summed E-state index contributed by atoms with van der Waals surface area (Å²) >= 11 is 0. The first kappa shape index (κ1) is 23.4. The van der Waals surface area contributed by atoms with E-state index in [1.807, 2.05) is 72.8 Å². The average molecular weight is 509 g/mol. The molecule has 0 aromatic heterocycles. The third kappa shape index (κ3) is 4.38. The van der Waals surface area contributed by atoms with E-state index in [-0.39, 0.29) is 22.8 Å². The van der Waals surface area contributed by atoms with Gasteiger partial charge in [-0.2, -0.15) is 0 Å². The lowest BCUT2D eigenvalue weighted by Crippen LogP contribution is -2.29. The molecule has 0 fully saturated rings. The standard InChI is InChI=1S/C31H28N2O3S/c1-36-30-13-6-5-10-27(30)31-26-12-7-11-25(26)28-20-24(18-19-29(28)32-31)37(34,35)33-23-16-14-22(15-17-23)21-8-3-2-4-9-21/h2-11,13-20,25-26,31-33H,12H2,1H3/t25-,26+,31-/m0/s1. The highest BCUT2D eigenvalue weighted by atomic mass is 32.2. The number of anilines is 2. The molecule has 186 valence electrons. The molecule has 1 aliphatic carbocycles. The van der Waals surface area contributed by atoms with Crippen LogP contribution in [0.3, 0.4) is 0 Å². The zero-order chi connectivity index (χ0) is 25.4. The van der Waals surface area contributed by atoms with Gasteiger partial charge in [0, 0.05) is 22.9 Å². The van der Waals surface area contributed by atoms with Crippen molar-refractivity contribution >= 4 is 21.4 Å². The fourth-order valence-electron chi connectivity index (χ4n) is 5.55. The lowest BCUT2D eigenvalue weighted by Gasteiger charge is -2.38. The van der Waals surface area contributed by atoms with Crippen LogP contribution in [0.25, 0.3) is 11.1 Å². The molecule has 1 heterocycles. The van der Waals surface area contributed by atoms with Crippen molar-refractivity contribution in [2.24, 2.45) is 5.92 Å². The summed E-state index contributed by atoms with van der Waals surface area (Å²) in [6.07, 6.45) is 5.32. The summed E-state index contributed by atoms with van der Waals surface area (Å²) in [5.41, 5.74) is 5.73. The molecule has 6 heteroatoms. The van der Waals surface area contributed by atoms with Crippen molar-refractivity contribution < 1.29 is 13.2 Å². The van der Waals surface area contributed by atoms with Crippen molar-refractivity contribution in [3.05, 3.63) is 120 Å². The number of methoxy groups -OCH3 is 1. The zero-order valence-corrected chi connectivity index (χ0v) is 21.3. The van der Waals surface area contributed by atoms with Gasteiger partial charge in [0.25, 0.3) is 10.0 Å². The van der Waals surface area contributed by atoms with E-state index < -0.39 is 10.0 Å². The lowest BCUT2D eigenvalue weighted by molar-refractivity contribution is 0.381. The summed E-state index contributed by atoms with van der Waals surface area (Å²) < 4.78 is 35.1. The van der Waals surface area contributed by atoms with Gasteiger partial charge in [0.15, 0.2) is 0 Å². The highest BCUT2D eigenvalue weighted by molar-refractivity contribution is 7.92. The van der Waals surface area contributed by atoms with Crippen LogP contribution in [0.4, 0.5) is 11.4 Å². The van der Waals surface area contributed by atoms with Crippen LogP contribution in [0.1, 0.15) is 29.5 Å². The van der Waals surface area contributed by atoms with Crippen LogP contribution in [-0.4, -0.2) is 15.5 Å². The van der Waals surface area contributed by atoms with Crippen molar-refractivity contribution in [3.8, 4) is 16.9 Å². The molecule has 6 rings (SSSR count). The second kappa shape index (κ2) is 9.45. The van der Waals surface area contributed by atoms with Crippen LogP contribution in [-0.2, 0) is 10.0 Å². The first-order valence-corrected chi connectivity index (χ1v) is 13.9. The Labute approximate surface area is 217 Å². The first-order chi connectivity index (χ1) is 18.0. The maximum Gasteiger partial charge on any atom is 0.261 e. The third-order valence-electron chi connectivity index (χ3n) is 7.36. The van der Waals surface area contributed by atoms with Gasteiger partial charge >= 0.3 is 0 Å². The van der Waals surface area contributed by atoms with E-state index in [4.69, 9.17) is 4.74 Å². The Morgan fingerprint density at radius 2 is 1.57 bits per heavy atom. The summed E-state index contributed by atoms with van der Waals surface area (Å²) in [4.78, 5) is 0.259. The Morgan fingerprint density at radius 1 is 0.838 bits per heavy atom. The van der Waals surface area contributed by atoms with Gasteiger partial charge in [-0.1, -0.05) is 72.8 Å². The van der Waals surface area contributed by atoms with Crippen molar-refractivity contribution in [1.29, 1.82) is 0 Å². The Kier molecular flexibility index (Phi) is 5.97. The monoisotopic (exact) mass is 508 g/mol. The number of nitrogens with one attached hydrogen (secondary N) is 2. The normalized spacial score (nSPS) is 20.0. The van der Waals surface area contributed by atoms with E-state index in [0.717, 1.165) is 40.1 Å². The van der Waals surface area contributed by atoms with Crippen LogP contribution in [0, 0.1) is 5.92 Å². The average Bonchev–Trinajstić information content (AvgIpc) is 3.43. The topological polar surface area (TPSA) is 67.4 Å². The van der Waals surface area contributed by atoms with Crippen molar-refractivity contribution in [3.63, 3.8) is 0 Å². The van der Waals surface area contributed by atoms with E-state index in [1.165, 1.54) is 0 Å². The summed E-state index contributed by atoms with van der Waals surface area (Å²) in [6, 6.07) is 31.0. The summed E-state index contributed by atoms with van der Waals surface area (Å²) in [5, 5.41) is 3.67. The molecule has 0 radical (unpaired) electrons. The second-order valence-electron chi connectivity index (χ2n) is 9.52. The largest absolute Gasteiger partial charge is 0.496 e. The lowest BCUT2D eigenvalue weighted by atomic mass is 9.77. The fourth-order valence-corrected chi connectivity index (χ4v) is 6.64. The molecule has 4 aromatic rings. The Balaban J connectivity index is 1.28. The molecule has 0 spiro atoms. The number of allylic oxidation sites excluding steroid dienone is 2. The molecule has 0 unspecified atom stereocenters. The van der Waals surface area contributed by atoms with Gasteiger partial charge in [-0.3, -0.25) is 4.72 Å². The molecule has 0 amide bonds. The van der Waals surface area contributed by atoms with Crippen molar-refractivity contribution in [2.45, 2.75) is 23.3 Å². The molecule has 0 saturated carbocycles. The number of sulfonamides is 1. The van der Waals surface area contributed by atoms with Crippen molar-refractivity contribution in [2.75, 3.05) is 17.1 Å². The Morgan fingerprint density at radius 3 is 2.35 bits per heavy atom. The predicted octanol–water partition coefficient (Wildman–Crippen LogP) is 6.99. The van der Waals surface area contributed by atoms with Gasteiger partial charge < -0.3 is 10.1 Å². The minimum absolute atomic E-state index is 0.0763. The molecule has 2 aliphatic rings. The zero-order valence-electron chi connectivity index (χ0n) is 20.5. The minimum atomic E-state index is -3.75. The molecule has 3 atom stereocenters. The number of ether oxygens (including phenoxy) is 1. The van der Waals surface area contributed by atoms with Crippen LogP contribution in [0.5, 0.6) is 5.75 Å². The number of para-hydroxylation sites is 1. The highest BCUT2D eigenvalue weighted by Gasteiger charge is 2.39. The molecule has 1 aliphatic heterocycles. The number of rotatable bonds is 6. The van der Waals surface area contributed by atoms with E-state index in [1.54, 1.807) is 25.3 Å². The van der Waals surface area contributed by atoms with Crippen LogP contribution >= 0.6 is 0 Å². The quantitative estimate of drug-likeness (QED) is 0.276. The van der Waals surface area contributed by atoms with Gasteiger partial charge in [0.05, 0.1) is 18.0 Å². The number of benzene rings is 4. The van der Waals surface area contributed by atoms with Gasteiger partial charge in [0.2, 0.25) is 0 Å². The smallest absolute Gasteiger partial charge is 0.261 e. The highest BCUT2D eigenvalue weighted by Crippen LogP contribution is 2.51. The summed E-state index contributed by atoms with van der Waals surface area (Å²) in [7, 11) is -2.06. The first-order valence-electron chi connectivity index (χ1n) is 12.4. The van der Waals surface area contributed by atoms with Crippen LogP contribution in [0.15, 0.2) is 114 Å². The van der Waals surface area contributed by atoms with Gasteiger partial charge in [0.1, 0.15) is 5.75 Å². The maximum absolute atomic E-state index is 13.3. The Hall–Kier alpha value is -4.03. The molecule has 2 N–H and O–H groups in total. The van der Waals surface area contributed by atoms with Gasteiger partial charge in [-0.25, -0.2) is 8.42 Å². The van der Waals surface area contributed by atoms with Gasteiger partial charge in [-0.05, 0) is 65.4 Å². The maximum atomic E-state index is 13.3. The second-order valence-corrected chi connectivity index (χ2v) is 11.2. The van der Waals surface area contributed by atoms with E-state index in [2.05, 4.69) is 28.3 Å². The molecular weight excluding hydrogens is 480 g/mol. The molecule has 37 heavy (non-hydrogen) atoms. The molecule has 5 nitrogen and oxygen atoms in total. The van der Waals surface area contributed by atoms with Crippen LogP contribution in [0.2, 0.25) is 0 Å². The SMILES string of the molecule is COc1ccccc1[C@H]1Nc2ccc(S(=O)(=O)Nc3ccc(-c4ccccc4)cc3)cc2[C@H]2C=CC[C@H]21. The summed E-state index contributed by atoms with van der Waals surface area (Å²) in [5.74, 6) is 1.27. The fraction of sp³-hybridized carbons (Fsp3) is 0.161. The molecule has 0 bridgehead atoms. The van der Waals surface area contributed by atoms with E-state index in [9.17, 15) is 8.42 Å². The minimum Gasteiger partial charge on any atom is -0.496 e. The van der Waals surface area contributed by atoms with Gasteiger partial charge in [-0.15, -0.1) is 0 Å². The van der Waals surface area contributed by atoms with Crippen molar-refractivity contribution in [1.82, 2.24) is 0 Å². The molecular formula is C31H28N2O3S.